The van der Waals surface area contributed by atoms with Crippen LogP contribution < -0.4 is 9.62 Å². The maximum absolute atomic E-state index is 13.3. The lowest BCUT2D eigenvalue weighted by Gasteiger charge is -2.19. The molecule has 4 rings (SSSR count). The third-order valence-electron chi connectivity index (χ3n) is 5.39. The van der Waals surface area contributed by atoms with Crippen molar-refractivity contribution in [1.29, 1.82) is 0 Å². The third-order valence-corrected chi connectivity index (χ3v) is 6.54. The quantitative estimate of drug-likeness (QED) is 0.363. The molecule has 2 heterocycles. The molecule has 0 fully saturated rings. The van der Waals surface area contributed by atoms with Crippen LogP contribution in [0.25, 0.3) is 0 Å². The van der Waals surface area contributed by atoms with Gasteiger partial charge >= 0.3 is 0 Å². The summed E-state index contributed by atoms with van der Waals surface area (Å²) in [5, 5.41) is 10.2. The van der Waals surface area contributed by atoms with Gasteiger partial charge in [-0.15, -0.1) is 0 Å². The lowest BCUT2D eigenvalue weighted by molar-refractivity contribution is 0.0926. The molecule has 32 heavy (non-hydrogen) atoms. The summed E-state index contributed by atoms with van der Waals surface area (Å²) in [6, 6.07) is 11.4. The Morgan fingerprint density at radius 1 is 1.00 bits per heavy atom. The molecule has 1 aliphatic heterocycles. The van der Waals surface area contributed by atoms with Crippen molar-refractivity contribution < 1.29 is 14.7 Å². The summed E-state index contributed by atoms with van der Waals surface area (Å²) in [6.45, 7) is 8.08. The fourth-order valence-corrected chi connectivity index (χ4v) is 4.40. The summed E-state index contributed by atoms with van der Waals surface area (Å²) in [5.74, 6) is -1.17. The second-order valence-electron chi connectivity index (χ2n) is 8.57. The molecule has 6 nitrogen and oxygen atoms in total. The van der Waals surface area contributed by atoms with Crippen LogP contribution in [0.1, 0.15) is 52.6 Å². The van der Waals surface area contributed by atoms with Gasteiger partial charge in [-0.3, -0.25) is 14.6 Å². The molecule has 0 spiro atoms. The molecule has 0 saturated carbocycles. The number of nitrogens with zero attached hydrogens (tertiary/aromatic N) is 2. The van der Waals surface area contributed by atoms with Crippen molar-refractivity contribution in [2.75, 3.05) is 9.62 Å². The van der Waals surface area contributed by atoms with E-state index in [2.05, 4.69) is 42.6 Å². The summed E-state index contributed by atoms with van der Waals surface area (Å²) in [4.78, 5) is 32.3. The number of aromatic nitrogens is 1. The summed E-state index contributed by atoms with van der Waals surface area (Å²) in [5.41, 5.74) is 2.71. The standard InChI is InChI=1S/C24H22ClN3O3S/c1-13-18(11-26-12-19(13)29)28-22(30)20-16(25)9-10-17(21(20)23(28)31)27-32-15-7-5-14(6-8-15)24(2,3)4/h5-12,27,29H,1-4H3. The van der Waals surface area contributed by atoms with Gasteiger partial charge in [-0.2, -0.15) is 0 Å². The first kappa shape index (κ1) is 22.2. The van der Waals surface area contributed by atoms with Crippen LogP contribution in [-0.4, -0.2) is 21.9 Å². The second kappa shape index (κ2) is 8.15. The molecule has 1 aromatic heterocycles. The predicted molar refractivity (Wildman–Crippen MR) is 128 cm³/mol. The lowest BCUT2D eigenvalue weighted by Crippen LogP contribution is -2.30. The average molecular weight is 468 g/mol. The van der Waals surface area contributed by atoms with E-state index in [1.807, 2.05) is 12.1 Å². The zero-order valence-electron chi connectivity index (χ0n) is 18.1. The zero-order chi connectivity index (χ0) is 23.2. The molecule has 0 radical (unpaired) electrons. The molecule has 2 N–H and O–H groups in total. The zero-order valence-corrected chi connectivity index (χ0v) is 19.6. The van der Waals surface area contributed by atoms with E-state index in [1.165, 1.54) is 29.9 Å². The number of imide groups is 1. The SMILES string of the molecule is Cc1c(O)cncc1N1C(=O)c2c(Cl)ccc(NSc3ccc(C(C)(C)C)cc3)c2C1=O. The van der Waals surface area contributed by atoms with Crippen molar-refractivity contribution in [2.24, 2.45) is 0 Å². The maximum Gasteiger partial charge on any atom is 0.268 e. The van der Waals surface area contributed by atoms with Gasteiger partial charge in [-0.05, 0) is 54.1 Å². The van der Waals surface area contributed by atoms with Gasteiger partial charge < -0.3 is 9.83 Å². The van der Waals surface area contributed by atoms with E-state index in [1.54, 1.807) is 19.1 Å². The molecule has 0 unspecified atom stereocenters. The number of hydrogen-bond acceptors (Lipinski definition) is 6. The van der Waals surface area contributed by atoms with E-state index in [0.29, 0.717) is 11.3 Å². The molecule has 2 amide bonds. The molecular formula is C24H22ClN3O3S. The number of nitrogens with one attached hydrogen (secondary N) is 1. The first-order chi connectivity index (χ1) is 15.1. The van der Waals surface area contributed by atoms with Gasteiger partial charge in [-0.1, -0.05) is 44.5 Å². The molecular weight excluding hydrogens is 446 g/mol. The number of rotatable bonds is 4. The summed E-state index contributed by atoms with van der Waals surface area (Å²) < 4.78 is 3.19. The lowest BCUT2D eigenvalue weighted by atomic mass is 9.87. The first-order valence-corrected chi connectivity index (χ1v) is 11.2. The number of amides is 2. The fraction of sp³-hybridized carbons (Fsp3) is 0.208. The van der Waals surface area contributed by atoms with E-state index < -0.39 is 11.8 Å². The van der Waals surface area contributed by atoms with E-state index >= 15 is 0 Å². The number of benzene rings is 2. The Morgan fingerprint density at radius 3 is 2.31 bits per heavy atom. The summed E-state index contributed by atoms with van der Waals surface area (Å²) >= 11 is 7.65. The van der Waals surface area contributed by atoms with Gasteiger partial charge in [-0.25, -0.2) is 4.90 Å². The molecule has 3 aromatic rings. The van der Waals surface area contributed by atoms with Crippen molar-refractivity contribution in [3.63, 3.8) is 0 Å². The topological polar surface area (TPSA) is 82.5 Å². The van der Waals surface area contributed by atoms with Crippen LogP contribution in [0.5, 0.6) is 5.75 Å². The molecule has 0 bridgehead atoms. The summed E-state index contributed by atoms with van der Waals surface area (Å²) in [6.07, 6.45) is 2.64. The van der Waals surface area contributed by atoms with Crippen molar-refractivity contribution in [3.05, 3.63) is 76.1 Å². The molecule has 2 aromatic carbocycles. The molecule has 164 valence electrons. The second-order valence-corrected chi connectivity index (χ2v) is 9.86. The van der Waals surface area contributed by atoms with E-state index in [9.17, 15) is 14.7 Å². The Morgan fingerprint density at radius 2 is 1.66 bits per heavy atom. The monoisotopic (exact) mass is 467 g/mol. The highest BCUT2D eigenvalue weighted by Gasteiger charge is 2.41. The highest BCUT2D eigenvalue weighted by atomic mass is 35.5. The van der Waals surface area contributed by atoms with Gasteiger partial charge in [0.15, 0.2) is 0 Å². The number of carbonyl (C=O) groups excluding carboxylic acids is 2. The highest BCUT2D eigenvalue weighted by Crippen LogP contribution is 2.40. The van der Waals surface area contributed by atoms with Crippen LogP contribution in [0.2, 0.25) is 5.02 Å². The van der Waals surface area contributed by atoms with E-state index in [0.717, 1.165) is 9.80 Å². The van der Waals surface area contributed by atoms with Crippen LogP contribution in [-0.2, 0) is 5.41 Å². The number of fused-ring (bicyclic) bond motifs is 1. The van der Waals surface area contributed by atoms with Gasteiger partial charge in [0, 0.05) is 10.5 Å². The van der Waals surface area contributed by atoms with Crippen LogP contribution in [0.15, 0.2) is 53.7 Å². The largest absolute Gasteiger partial charge is 0.506 e. The Bertz CT molecular complexity index is 1240. The smallest absolute Gasteiger partial charge is 0.268 e. The number of hydrogen-bond donors (Lipinski definition) is 2. The molecule has 8 heteroatoms. The Kier molecular flexibility index (Phi) is 5.65. The van der Waals surface area contributed by atoms with Gasteiger partial charge in [0.25, 0.3) is 11.8 Å². The minimum atomic E-state index is -0.548. The first-order valence-electron chi connectivity index (χ1n) is 9.98. The van der Waals surface area contributed by atoms with Crippen LogP contribution in [0.3, 0.4) is 0 Å². The number of anilines is 2. The molecule has 0 atom stereocenters. The van der Waals surface area contributed by atoms with Crippen molar-refractivity contribution >= 4 is 46.7 Å². The summed E-state index contributed by atoms with van der Waals surface area (Å²) in [7, 11) is 0. The van der Waals surface area contributed by atoms with Crippen LogP contribution >= 0.6 is 23.5 Å². The fourth-order valence-electron chi connectivity index (χ4n) is 3.49. The average Bonchev–Trinajstić information content (AvgIpc) is 3.01. The predicted octanol–water partition coefficient (Wildman–Crippen LogP) is 5.97. The highest BCUT2D eigenvalue weighted by molar-refractivity contribution is 8.00. The Hall–Kier alpha value is -3.03. The minimum absolute atomic E-state index is 0.0583. The molecule has 1 aliphatic rings. The minimum Gasteiger partial charge on any atom is -0.506 e. The third kappa shape index (κ3) is 3.82. The van der Waals surface area contributed by atoms with Crippen LogP contribution in [0.4, 0.5) is 11.4 Å². The van der Waals surface area contributed by atoms with Gasteiger partial charge in [0.1, 0.15) is 5.75 Å². The normalized spacial score (nSPS) is 13.5. The van der Waals surface area contributed by atoms with Gasteiger partial charge in [0.2, 0.25) is 0 Å². The molecule has 0 aliphatic carbocycles. The number of aromatic hydroxyl groups is 1. The number of carbonyl (C=O) groups is 2. The Balaban J connectivity index is 1.65. The van der Waals surface area contributed by atoms with E-state index in [4.69, 9.17) is 11.6 Å². The van der Waals surface area contributed by atoms with Crippen molar-refractivity contribution in [3.8, 4) is 5.75 Å². The van der Waals surface area contributed by atoms with Crippen LogP contribution in [0, 0.1) is 6.92 Å². The number of pyridine rings is 1. The van der Waals surface area contributed by atoms with Gasteiger partial charge in [0.05, 0.1) is 39.9 Å². The number of halogens is 1. The van der Waals surface area contributed by atoms with Crippen molar-refractivity contribution in [1.82, 2.24) is 4.98 Å². The van der Waals surface area contributed by atoms with E-state index in [-0.39, 0.29) is 33.0 Å². The molecule has 0 saturated heterocycles. The maximum atomic E-state index is 13.3. The van der Waals surface area contributed by atoms with Crippen molar-refractivity contribution in [2.45, 2.75) is 38.0 Å². The Labute approximate surface area is 195 Å².